The highest BCUT2D eigenvalue weighted by Crippen LogP contribution is 2.58. The fourth-order valence-electron chi connectivity index (χ4n) is 9.82. The molecule has 67 heavy (non-hydrogen) atoms. The fraction of sp³-hybridized carbons (Fsp3) is 0.612. The Labute approximate surface area is 392 Å². The first-order valence-electron chi connectivity index (χ1n) is 23.2. The van der Waals surface area contributed by atoms with Gasteiger partial charge in [0.25, 0.3) is 11.7 Å². The number of rotatable bonds is 9. The SMILES string of the molecule is CO[C@H]1/C=C/O[C@@]2(C)Oc3c(C)c(O)c4c(O)c(c(N(N(C)CC5CCCO5)N(C)CC5CCCO5)c(O)c4c3C2=O)NC(=O)/C(C)=C\C=C\[C@@H](C)[C@H](O)[C@@H](C)[C@H](O)[C@@H](C)[C@H](OC(C)=O)[C@@H]1C. The number of carbonyl (C=O) groups is 3. The molecule has 2 fully saturated rings. The van der Waals surface area contributed by atoms with Gasteiger partial charge >= 0.3 is 11.8 Å². The van der Waals surface area contributed by atoms with Crippen LogP contribution in [0.2, 0.25) is 0 Å². The van der Waals surface area contributed by atoms with Crippen molar-refractivity contribution in [3.8, 4) is 23.0 Å². The van der Waals surface area contributed by atoms with Crippen LogP contribution in [-0.4, -0.2) is 143 Å². The summed E-state index contributed by atoms with van der Waals surface area (Å²) in [5.41, 5.74) is -0.368. The van der Waals surface area contributed by atoms with Crippen molar-refractivity contribution in [2.75, 3.05) is 57.9 Å². The Bertz CT molecular complexity index is 2230. The summed E-state index contributed by atoms with van der Waals surface area (Å²) in [4.78, 5) is 41.6. The van der Waals surface area contributed by atoms with Gasteiger partial charge in [0.05, 0.1) is 47.7 Å². The quantitative estimate of drug-likeness (QED) is 0.0777. The summed E-state index contributed by atoms with van der Waals surface area (Å²) in [6.07, 6.45) is 6.45. The van der Waals surface area contributed by atoms with Gasteiger partial charge in [0.15, 0.2) is 11.5 Å². The number of benzene rings is 2. The van der Waals surface area contributed by atoms with Gasteiger partial charge in [-0.1, -0.05) is 45.9 Å². The van der Waals surface area contributed by atoms with Crippen molar-refractivity contribution in [1.82, 2.24) is 10.0 Å². The van der Waals surface area contributed by atoms with Crippen LogP contribution in [0.15, 0.2) is 36.1 Å². The standard InChI is InChI=1S/C49H70N4O14/c1-25-15-12-16-26(2)48(61)50-38-39(53(51(9)23-32-17-13-20-63-32)52(10)24-33-18-14-21-64-33)44(59)35-36(43(38)58)42(57)30(6)46-37(35)47(60)49(8,67-46)65-22-19-34(62-11)27(3)45(66-31(7)54)29(5)41(56)28(4)40(25)55/h12,15-16,19,22,25,27-29,32-34,40-41,45,55-59H,13-14,17-18,20-21,23-24H2,1-11H3,(H,50,61)/b15-12+,22-19+,26-16-/t25-,27-,28-,29-,32?,33?,34+,40+,41+,45-,49+/m1/s1. The zero-order valence-corrected chi connectivity index (χ0v) is 40.6. The van der Waals surface area contributed by atoms with Gasteiger partial charge in [-0.2, -0.15) is 0 Å². The highest BCUT2D eigenvalue weighted by Gasteiger charge is 2.50. The van der Waals surface area contributed by atoms with Gasteiger partial charge in [-0.15, -0.1) is 0 Å². The van der Waals surface area contributed by atoms with Gasteiger partial charge in [-0.25, -0.2) is 15.1 Å². The van der Waals surface area contributed by atoms with E-state index in [-0.39, 0.29) is 56.8 Å². The van der Waals surface area contributed by atoms with Crippen molar-refractivity contribution in [2.45, 2.75) is 123 Å². The molecule has 5 heterocycles. The van der Waals surface area contributed by atoms with E-state index < -0.39 is 88.8 Å². The van der Waals surface area contributed by atoms with Gasteiger partial charge in [0, 0.05) is 102 Å². The Kier molecular flexibility index (Phi) is 16.2. The van der Waals surface area contributed by atoms with Gasteiger partial charge in [0.1, 0.15) is 29.0 Å². The molecule has 18 nitrogen and oxygen atoms in total. The lowest BCUT2D eigenvalue weighted by Gasteiger charge is -2.43. The summed E-state index contributed by atoms with van der Waals surface area (Å²) in [5.74, 6) is -8.50. The molecule has 18 heteroatoms. The first-order valence-corrected chi connectivity index (χ1v) is 23.2. The smallest absolute Gasteiger partial charge is 0.312 e. The molecule has 5 aliphatic rings. The number of ketones is 1. The maximum Gasteiger partial charge on any atom is 0.312 e. The van der Waals surface area contributed by atoms with Gasteiger partial charge in [-0.05, 0) is 45.6 Å². The lowest BCUT2D eigenvalue weighted by molar-refractivity contribution is -0.160. The number of amides is 1. The monoisotopic (exact) mass is 938 g/mol. The normalized spacial score (nSPS) is 32.6. The number of likely N-dealkylation sites (N-methyl/N-ethyl adjacent to an activating group) is 2. The number of nitrogens with zero attached hydrogens (tertiary/aromatic N) is 3. The number of hydrogen-bond donors (Lipinski definition) is 6. The first kappa shape index (κ1) is 51.4. The average Bonchev–Trinajstić information content (AvgIpc) is 4.06. The minimum atomic E-state index is -2.09. The molecule has 5 bridgehead atoms. The molecule has 2 unspecified atom stereocenters. The predicted octanol–water partition coefficient (Wildman–Crippen LogP) is 5.61. The Balaban J connectivity index is 1.58. The zero-order chi connectivity index (χ0) is 49.2. The van der Waals surface area contributed by atoms with Crippen LogP contribution in [0.1, 0.15) is 90.1 Å². The number of fused-ring (bicyclic) bond motifs is 14. The largest absolute Gasteiger partial charge is 0.507 e. The number of nitrogens with one attached hydrogen (secondary N) is 1. The molecule has 11 atom stereocenters. The van der Waals surface area contributed by atoms with Crippen LogP contribution in [0.25, 0.3) is 10.8 Å². The summed E-state index contributed by atoms with van der Waals surface area (Å²) in [6, 6.07) is 0. The number of anilines is 2. The van der Waals surface area contributed by atoms with Crippen molar-refractivity contribution < 1.29 is 68.3 Å². The second kappa shape index (κ2) is 21.1. The van der Waals surface area contributed by atoms with E-state index in [1.54, 1.807) is 76.0 Å². The Morgan fingerprint density at radius 1 is 0.866 bits per heavy atom. The Morgan fingerprint density at radius 3 is 2.03 bits per heavy atom. The fourth-order valence-corrected chi connectivity index (χ4v) is 9.82. The lowest BCUT2D eigenvalue weighted by Crippen LogP contribution is -2.54. The number of esters is 1. The van der Waals surface area contributed by atoms with E-state index in [0.29, 0.717) is 26.3 Å². The molecule has 1 amide bonds. The number of ether oxygens (including phenoxy) is 6. The molecular formula is C49H70N4O14. The molecule has 6 N–H and O–H groups in total. The second-order valence-corrected chi connectivity index (χ2v) is 18.8. The Hall–Kier alpha value is -4.95. The van der Waals surface area contributed by atoms with Gasteiger partial charge in [0.2, 0.25) is 0 Å². The number of aromatic hydroxyl groups is 3. The van der Waals surface area contributed by atoms with Crippen LogP contribution >= 0.6 is 0 Å². The Morgan fingerprint density at radius 2 is 1.48 bits per heavy atom. The van der Waals surface area contributed by atoms with Gasteiger partial charge < -0.3 is 59.3 Å². The summed E-state index contributed by atoms with van der Waals surface area (Å²) in [6.45, 7) is 14.4. The minimum absolute atomic E-state index is 0.0483. The van der Waals surface area contributed by atoms with Crippen LogP contribution in [0, 0.1) is 30.6 Å². The van der Waals surface area contributed by atoms with Crippen molar-refractivity contribution in [1.29, 1.82) is 0 Å². The number of aliphatic hydroxyl groups excluding tert-OH is 2. The summed E-state index contributed by atoms with van der Waals surface area (Å²) in [5, 5.41) is 67.8. The molecule has 2 aromatic rings. The van der Waals surface area contributed by atoms with Crippen LogP contribution in [0.4, 0.5) is 11.4 Å². The molecule has 2 saturated heterocycles. The summed E-state index contributed by atoms with van der Waals surface area (Å²) < 4.78 is 36.0. The second-order valence-electron chi connectivity index (χ2n) is 18.8. The van der Waals surface area contributed by atoms with Crippen LogP contribution in [-0.2, 0) is 33.3 Å². The van der Waals surface area contributed by atoms with E-state index in [0.717, 1.165) is 25.7 Å². The third-order valence-corrected chi connectivity index (χ3v) is 13.8. The van der Waals surface area contributed by atoms with Crippen LogP contribution in [0.5, 0.6) is 23.0 Å². The van der Waals surface area contributed by atoms with E-state index >= 15 is 0 Å². The number of carbonyl (C=O) groups excluding carboxylic acids is 3. The van der Waals surface area contributed by atoms with Gasteiger partial charge in [-0.3, -0.25) is 14.4 Å². The van der Waals surface area contributed by atoms with E-state index in [9.17, 15) is 39.9 Å². The molecule has 370 valence electrons. The van der Waals surface area contributed by atoms with E-state index in [1.165, 1.54) is 46.3 Å². The van der Waals surface area contributed by atoms with E-state index in [2.05, 4.69) is 5.32 Å². The van der Waals surface area contributed by atoms with Crippen LogP contribution < -0.4 is 15.2 Å². The van der Waals surface area contributed by atoms with E-state index in [4.69, 9.17) is 28.4 Å². The number of phenolic OH excluding ortho intramolecular Hbond substituents is 3. The average molecular weight is 939 g/mol. The molecular weight excluding hydrogens is 869 g/mol. The number of hydrazine groups is 2. The predicted molar refractivity (Wildman–Crippen MR) is 250 cm³/mol. The lowest BCUT2D eigenvalue weighted by atomic mass is 9.78. The maximum absolute atomic E-state index is 14.9. The molecule has 0 aromatic heterocycles. The zero-order valence-electron chi connectivity index (χ0n) is 40.6. The third kappa shape index (κ3) is 10.4. The highest BCUT2D eigenvalue weighted by atomic mass is 16.7. The minimum Gasteiger partial charge on any atom is -0.507 e. The number of Topliss-reactive ketones (excluding diaryl/α,β-unsaturated/α-hetero) is 1. The molecule has 0 saturated carbocycles. The molecule has 7 rings (SSSR count). The number of allylic oxidation sites excluding steroid dienone is 2. The third-order valence-electron chi connectivity index (χ3n) is 13.8. The number of hydrogen-bond acceptors (Lipinski definition) is 17. The first-order chi connectivity index (χ1) is 31.6. The number of methoxy groups -OCH3 is 1. The highest BCUT2D eigenvalue weighted by molar-refractivity contribution is 6.23. The number of phenols is 3. The molecule has 5 aliphatic heterocycles. The molecule has 0 spiro atoms. The maximum atomic E-state index is 14.9. The van der Waals surface area contributed by atoms with Crippen molar-refractivity contribution in [2.24, 2.45) is 23.7 Å². The van der Waals surface area contributed by atoms with Crippen molar-refractivity contribution in [3.63, 3.8) is 0 Å². The van der Waals surface area contributed by atoms with Crippen molar-refractivity contribution >= 4 is 39.8 Å². The molecule has 0 radical (unpaired) electrons. The van der Waals surface area contributed by atoms with Crippen LogP contribution in [0.3, 0.4) is 0 Å². The van der Waals surface area contributed by atoms with Crippen molar-refractivity contribution in [3.05, 3.63) is 47.3 Å². The molecule has 0 aliphatic carbocycles. The number of aliphatic hydroxyl groups is 2. The topological polar surface area (TPSA) is 229 Å². The van der Waals surface area contributed by atoms with E-state index in [1.807, 2.05) is 0 Å². The summed E-state index contributed by atoms with van der Waals surface area (Å²) in [7, 11) is 4.99. The summed E-state index contributed by atoms with van der Waals surface area (Å²) >= 11 is 0. The molecule has 2 aromatic carbocycles.